The van der Waals surface area contributed by atoms with E-state index in [4.69, 9.17) is 5.14 Å². The smallest absolute Gasteiger partial charge is 0.238 e. The van der Waals surface area contributed by atoms with E-state index in [1.54, 1.807) is 12.1 Å². The first-order valence-corrected chi connectivity index (χ1v) is 10.6. The quantitative estimate of drug-likeness (QED) is 0.799. The summed E-state index contributed by atoms with van der Waals surface area (Å²) in [5, 5.41) is 8.07. The number of primary sulfonamides is 1. The molecule has 1 heterocycles. The maximum absolute atomic E-state index is 12.4. The lowest BCUT2D eigenvalue weighted by molar-refractivity contribution is -0.126. The average molecular weight is 368 g/mol. The number of rotatable bonds is 6. The summed E-state index contributed by atoms with van der Waals surface area (Å²) in [6.07, 6.45) is 6.78. The largest absolute Gasteiger partial charge is 0.354 e. The van der Waals surface area contributed by atoms with E-state index in [0.29, 0.717) is 13.0 Å². The van der Waals surface area contributed by atoms with Crippen LogP contribution < -0.4 is 10.5 Å². The van der Waals surface area contributed by atoms with Crippen molar-refractivity contribution in [2.75, 3.05) is 19.6 Å². The van der Waals surface area contributed by atoms with Gasteiger partial charge in [-0.15, -0.1) is 0 Å². The van der Waals surface area contributed by atoms with Gasteiger partial charge in [-0.3, -0.25) is 9.69 Å². The number of sulfonamides is 1. The van der Waals surface area contributed by atoms with Gasteiger partial charge >= 0.3 is 0 Å². The molecule has 0 radical (unpaired) electrons. The second-order valence-corrected chi connectivity index (χ2v) is 8.27. The molecule has 0 unspecified atom stereocenters. The number of benzene rings is 1. The van der Waals surface area contributed by atoms with Crippen molar-refractivity contribution < 1.29 is 13.2 Å². The first-order valence-electron chi connectivity index (χ1n) is 9.01. The molecule has 0 spiro atoms. The fourth-order valence-corrected chi connectivity index (χ4v) is 3.66. The number of hydrogen-bond donors (Lipinski definition) is 2. The summed E-state index contributed by atoms with van der Waals surface area (Å²) >= 11 is 0. The predicted octanol–water partition coefficient (Wildman–Crippen LogP) is 1.65. The van der Waals surface area contributed by atoms with Crippen molar-refractivity contribution in [3.8, 4) is 0 Å². The lowest BCUT2D eigenvalue weighted by atomic mass is 10.1. The fraction of sp³-hybridized carbons (Fsp3) is 0.611. The van der Waals surface area contributed by atoms with Crippen molar-refractivity contribution in [1.29, 1.82) is 0 Å². The number of amides is 1. The summed E-state index contributed by atoms with van der Waals surface area (Å²) < 4.78 is 22.5. The van der Waals surface area contributed by atoms with E-state index in [0.717, 1.165) is 31.5 Å². The van der Waals surface area contributed by atoms with Crippen LogP contribution in [-0.2, 0) is 21.2 Å². The van der Waals surface area contributed by atoms with Gasteiger partial charge < -0.3 is 5.32 Å². The van der Waals surface area contributed by atoms with Gasteiger partial charge in [0.05, 0.1) is 10.9 Å². The van der Waals surface area contributed by atoms with E-state index < -0.39 is 10.0 Å². The van der Waals surface area contributed by atoms with E-state index in [2.05, 4.69) is 10.2 Å². The number of hydrogen-bond acceptors (Lipinski definition) is 4. The molecule has 1 saturated heterocycles. The summed E-state index contributed by atoms with van der Waals surface area (Å²) in [6.45, 7) is 4.48. The molecule has 7 heteroatoms. The Balaban J connectivity index is 1.79. The van der Waals surface area contributed by atoms with Gasteiger partial charge in [-0.25, -0.2) is 13.6 Å². The average Bonchev–Trinajstić information content (AvgIpc) is 2.53. The fourth-order valence-electron chi connectivity index (χ4n) is 3.15. The normalized spacial score (nSPS) is 18.2. The lowest BCUT2D eigenvalue weighted by Crippen LogP contribution is -2.46. The molecule has 1 aliphatic heterocycles. The molecule has 3 N–H and O–H groups in total. The summed E-state index contributed by atoms with van der Waals surface area (Å²) in [5.74, 6) is 0.0572. The highest BCUT2D eigenvalue weighted by Gasteiger charge is 2.21. The number of nitrogens with two attached hydrogens (primary N) is 1. The topological polar surface area (TPSA) is 92.5 Å². The van der Waals surface area contributed by atoms with Crippen LogP contribution in [0, 0.1) is 0 Å². The van der Waals surface area contributed by atoms with Crippen molar-refractivity contribution in [2.45, 2.75) is 56.4 Å². The molecular weight excluding hydrogens is 338 g/mol. The van der Waals surface area contributed by atoms with E-state index in [1.807, 2.05) is 6.92 Å². The standard InChI is InChI=1S/C18H29N3O3S/c1-15(21-13-5-3-2-4-6-14-21)18(22)20-12-11-16-7-9-17(10-8-16)25(19,23)24/h7-10,15H,2-6,11-14H2,1H3,(H,20,22)(H2,19,23,24)/t15-/m1/s1. The van der Waals surface area contributed by atoms with Crippen LogP contribution in [0.25, 0.3) is 0 Å². The van der Waals surface area contributed by atoms with Gasteiger partial charge in [-0.2, -0.15) is 0 Å². The first-order chi connectivity index (χ1) is 11.9. The third-order valence-electron chi connectivity index (χ3n) is 4.78. The van der Waals surface area contributed by atoms with Gasteiger partial charge in [0.15, 0.2) is 0 Å². The number of nitrogens with one attached hydrogen (secondary N) is 1. The van der Waals surface area contributed by atoms with Crippen LogP contribution in [0.1, 0.15) is 44.6 Å². The molecule has 1 aliphatic rings. The van der Waals surface area contributed by atoms with Gasteiger partial charge in [-0.05, 0) is 57.0 Å². The monoisotopic (exact) mass is 367 g/mol. The maximum Gasteiger partial charge on any atom is 0.238 e. The highest BCUT2D eigenvalue weighted by atomic mass is 32.2. The van der Waals surface area contributed by atoms with Crippen molar-refractivity contribution in [2.24, 2.45) is 5.14 Å². The Bertz CT molecular complexity index is 651. The zero-order valence-electron chi connectivity index (χ0n) is 14.9. The Kier molecular flexibility index (Phi) is 7.40. The van der Waals surface area contributed by atoms with Crippen molar-refractivity contribution >= 4 is 15.9 Å². The molecule has 1 aromatic carbocycles. The second-order valence-electron chi connectivity index (χ2n) is 6.71. The molecule has 6 nitrogen and oxygen atoms in total. The molecule has 2 rings (SSSR count). The number of carbonyl (C=O) groups excluding carboxylic acids is 1. The number of likely N-dealkylation sites (tertiary alicyclic amines) is 1. The van der Waals surface area contributed by atoms with Crippen LogP contribution in [-0.4, -0.2) is 44.9 Å². The lowest BCUT2D eigenvalue weighted by Gasteiger charge is -2.29. The number of nitrogens with zero attached hydrogens (tertiary/aromatic N) is 1. The molecule has 0 bridgehead atoms. The number of carbonyl (C=O) groups is 1. The Morgan fingerprint density at radius 3 is 2.24 bits per heavy atom. The molecule has 1 atom stereocenters. The van der Waals surface area contributed by atoms with Crippen LogP contribution in [0.15, 0.2) is 29.2 Å². The zero-order valence-corrected chi connectivity index (χ0v) is 15.7. The van der Waals surface area contributed by atoms with Crippen molar-refractivity contribution in [3.05, 3.63) is 29.8 Å². The first kappa shape index (κ1) is 19.9. The van der Waals surface area contributed by atoms with Gasteiger partial charge in [0.2, 0.25) is 15.9 Å². The molecule has 140 valence electrons. The predicted molar refractivity (Wildman–Crippen MR) is 98.6 cm³/mol. The van der Waals surface area contributed by atoms with Crippen molar-refractivity contribution in [1.82, 2.24) is 10.2 Å². The Morgan fingerprint density at radius 2 is 1.68 bits per heavy atom. The van der Waals surface area contributed by atoms with E-state index >= 15 is 0 Å². The minimum atomic E-state index is -3.66. The van der Waals surface area contributed by atoms with E-state index in [1.165, 1.54) is 31.4 Å². The van der Waals surface area contributed by atoms with Gasteiger partial charge in [0, 0.05) is 6.54 Å². The molecule has 0 aliphatic carbocycles. The Hall–Kier alpha value is -1.44. The van der Waals surface area contributed by atoms with Crippen LogP contribution in [0.4, 0.5) is 0 Å². The van der Waals surface area contributed by atoms with Crippen LogP contribution >= 0.6 is 0 Å². The van der Waals surface area contributed by atoms with Gasteiger partial charge in [-0.1, -0.05) is 31.4 Å². The Labute approximate surface area is 150 Å². The third kappa shape index (κ3) is 6.41. The minimum Gasteiger partial charge on any atom is -0.354 e. The summed E-state index contributed by atoms with van der Waals surface area (Å²) in [7, 11) is -3.66. The second kappa shape index (κ2) is 9.31. The molecular formula is C18H29N3O3S. The minimum absolute atomic E-state index is 0.0572. The molecule has 1 aromatic rings. The summed E-state index contributed by atoms with van der Waals surface area (Å²) in [5.41, 5.74) is 0.964. The van der Waals surface area contributed by atoms with Crippen LogP contribution in [0.2, 0.25) is 0 Å². The van der Waals surface area contributed by atoms with Crippen molar-refractivity contribution in [3.63, 3.8) is 0 Å². The maximum atomic E-state index is 12.4. The molecule has 0 aromatic heterocycles. The highest BCUT2D eigenvalue weighted by molar-refractivity contribution is 7.89. The van der Waals surface area contributed by atoms with E-state index in [-0.39, 0.29) is 16.8 Å². The van der Waals surface area contributed by atoms with Gasteiger partial charge in [0.25, 0.3) is 0 Å². The Morgan fingerprint density at radius 1 is 1.12 bits per heavy atom. The third-order valence-corrected chi connectivity index (χ3v) is 5.71. The molecule has 25 heavy (non-hydrogen) atoms. The molecule has 1 fully saturated rings. The van der Waals surface area contributed by atoms with Crippen LogP contribution in [0.3, 0.4) is 0 Å². The van der Waals surface area contributed by atoms with Gasteiger partial charge in [0.1, 0.15) is 0 Å². The molecule has 0 saturated carbocycles. The zero-order chi connectivity index (χ0) is 18.3. The van der Waals surface area contributed by atoms with Crippen LogP contribution in [0.5, 0.6) is 0 Å². The SMILES string of the molecule is C[C@H](C(=O)NCCc1ccc(S(N)(=O)=O)cc1)N1CCCCCCC1. The summed E-state index contributed by atoms with van der Waals surface area (Å²) in [6, 6.07) is 6.34. The summed E-state index contributed by atoms with van der Waals surface area (Å²) in [4.78, 5) is 14.7. The molecule has 1 amide bonds. The highest BCUT2D eigenvalue weighted by Crippen LogP contribution is 2.13. The van der Waals surface area contributed by atoms with E-state index in [9.17, 15) is 13.2 Å².